The van der Waals surface area contributed by atoms with Crippen LogP contribution in [-0.2, 0) is 4.79 Å². The number of likely N-dealkylation sites (N-methyl/N-ethyl adjacent to an activating group) is 1. The highest BCUT2D eigenvalue weighted by Gasteiger charge is 2.29. The Labute approximate surface area is 189 Å². The Bertz CT molecular complexity index is 1100. The van der Waals surface area contributed by atoms with Gasteiger partial charge in [-0.25, -0.2) is 0 Å². The maximum Gasteiger partial charge on any atom is 0.254 e. The Kier molecular flexibility index (Phi) is 6.74. The lowest BCUT2D eigenvalue weighted by Crippen LogP contribution is -2.44. The smallest absolute Gasteiger partial charge is 0.254 e. The van der Waals surface area contributed by atoms with E-state index in [9.17, 15) is 9.59 Å². The topological polar surface area (TPSA) is 49.9 Å². The first-order valence-corrected chi connectivity index (χ1v) is 11.2. The number of carbonyl (C=O) groups is 2. The molecule has 1 aliphatic heterocycles. The van der Waals surface area contributed by atoms with Crippen LogP contribution >= 0.6 is 0 Å². The number of para-hydroxylation sites is 1. The zero-order valence-electron chi connectivity index (χ0n) is 18.8. The van der Waals surface area contributed by atoms with Crippen LogP contribution in [0.2, 0.25) is 0 Å². The molecule has 2 amide bonds. The van der Waals surface area contributed by atoms with Crippen LogP contribution in [-0.4, -0.2) is 54.9 Å². The van der Waals surface area contributed by atoms with Gasteiger partial charge in [-0.1, -0.05) is 54.6 Å². The molecule has 0 spiro atoms. The monoisotopic (exact) mass is 430 g/mol. The normalized spacial score (nSPS) is 14.4. The number of benzene rings is 3. The second kappa shape index (κ2) is 9.86. The molecule has 3 aromatic carbocycles. The molecule has 1 fully saturated rings. The van der Waals surface area contributed by atoms with E-state index in [0.717, 1.165) is 27.6 Å². The molecule has 32 heavy (non-hydrogen) atoms. The molecule has 0 unspecified atom stereocenters. The number of rotatable bonds is 6. The van der Waals surface area contributed by atoms with E-state index in [-0.39, 0.29) is 17.7 Å². The van der Waals surface area contributed by atoms with Gasteiger partial charge in [0.25, 0.3) is 5.91 Å². The highest BCUT2D eigenvalue weighted by atomic mass is 16.5. The third-order valence-electron chi connectivity index (χ3n) is 6.31. The highest BCUT2D eigenvalue weighted by molar-refractivity contribution is 6.07. The Morgan fingerprint density at radius 1 is 0.969 bits per heavy atom. The van der Waals surface area contributed by atoms with Gasteiger partial charge in [0.2, 0.25) is 5.91 Å². The molecule has 1 aliphatic rings. The van der Waals surface area contributed by atoms with Crippen LogP contribution in [0.3, 0.4) is 0 Å². The lowest BCUT2D eigenvalue weighted by Gasteiger charge is -2.33. The predicted molar refractivity (Wildman–Crippen MR) is 127 cm³/mol. The standard InChI is InChI=1S/C27H30N2O3/c1-20-8-3-6-13-25(20)32-19-18-28(2)26(30)22-14-16-29(17-15-22)27(31)24-12-7-10-21-9-4-5-11-23(21)24/h3-13,22H,14-19H2,1-2H3. The molecule has 3 aromatic rings. The first kappa shape index (κ1) is 21.9. The number of likely N-dealkylation sites (tertiary alicyclic amines) is 1. The van der Waals surface area contributed by atoms with Crippen molar-refractivity contribution < 1.29 is 14.3 Å². The fourth-order valence-electron chi connectivity index (χ4n) is 4.34. The van der Waals surface area contributed by atoms with Crippen molar-refractivity contribution in [1.29, 1.82) is 0 Å². The zero-order chi connectivity index (χ0) is 22.5. The second-order valence-corrected chi connectivity index (χ2v) is 8.47. The SMILES string of the molecule is Cc1ccccc1OCCN(C)C(=O)C1CCN(C(=O)c2cccc3ccccc23)CC1. The average Bonchev–Trinajstić information content (AvgIpc) is 2.84. The van der Waals surface area contributed by atoms with Gasteiger partial charge in [-0.2, -0.15) is 0 Å². The van der Waals surface area contributed by atoms with E-state index in [4.69, 9.17) is 4.74 Å². The van der Waals surface area contributed by atoms with E-state index < -0.39 is 0 Å². The van der Waals surface area contributed by atoms with E-state index in [1.807, 2.05) is 85.6 Å². The number of carbonyl (C=O) groups excluding carboxylic acids is 2. The molecule has 4 rings (SSSR count). The van der Waals surface area contributed by atoms with Gasteiger partial charge < -0.3 is 14.5 Å². The molecule has 0 bridgehead atoms. The summed E-state index contributed by atoms with van der Waals surface area (Å²) in [5, 5.41) is 2.05. The molecule has 0 saturated carbocycles. The van der Waals surface area contributed by atoms with E-state index in [1.54, 1.807) is 4.90 Å². The van der Waals surface area contributed by atoms with Gasteiger partial charge in [0.15, 0.2) is 0 Å². The van der Waals surface area contributed by atoms with Crippen molar-refractivity contribution in [3.8, 4) is 5.75 Å². The van der Waals surface area contributed by atoms with Crippen LogP contribution in [0.5, 0.6) is 5.75 Å². The summed E-state index contributed by atoms with van der Waals surface area (Å²) in [5.41, 5.74) is 1.82. The van der Waals surface area contributed by atoms with Crippen LogP contribution in [0.4, 0.5) is 0 Å². The van der Waals surface area contributed by atoms with Gasteiger partial charge in [-0.05, 0) is 48.2 Å². The number of hydrogen-bond acceptors (Lipinski definition) is 3. The third-order valence-corrected chi connectivity index (χ3v) is 6.31. The minimum Gasteiger partial charge on any atom is -0.491 e. The molecule has 5 heteroatoms. The molecular weight excluding hydrogens is 400 g/mol. The fourth-order valence-corrected chi connectivity index (χ4v) is 4.34. The molecule has 0 N–H and O–H groups in total. The van der Waals surface area contributed by atoms with Crippen LogP contribution in [0.25, 0.3) is 10.8 Å². The van der Waals surface area contributed by atoms with Gasteiger partial charge in [0.1, 0.15) is 12.4 Å². The quantitative estimate of drug-likeness (QED) is 0.577. The Balaban J connectivity index is 1.29. The number of piperidine rings is 1. The van der Waals surface area contributed by atoms with Crippen LogP contribution in [0.1, 0.15) is 28.8 Å². The molecule has 1 heterocycles. The summed E-state index contributed by atoms with van der Waals surface area (Å²) in [4.78, 5) is 29.7. The van der Waals surface area contributed by atoms with Crippen molar-refractivity contribution >= 4 is 22.6 Å². The molecule has 0 aliphatic carbocycles. The number of amides is 2. The number of fused-ring (bicyclic) bond motifs is 1. The van der Waals surface area contributed by atoms with Crippen LogP contribution in [0, 0.1) is 12.8 Å². The van der Waals surface area contributed by atoms with Gasteiger partial charge in [-0.15, -0.1) is 0 Å². The van der Waals surface area contributed by atoms with Gasteiger partial charge >= 0.3 is 0 Å². The maximum atomic E-state index is 13.1. The summed E-state index contributed by atoms with van der Waals surface area (Å²) in [6.45, 7) is 4.23. The van der Waals surface area contributed by atoms with Gasteiger partial charge in [0, 0.05) is 31.6 Å². The molecule has 1 saturated heterocycles. The van der Waals surface area contributed by atoms with Crippen LogP contribution < -0.4 is 4.74 Å². The third kappa shape index (κ3) is 4.77. The minimum atomic E-state index is -0.0463. The number of ether oxygens (including phenoxy) is 1. The number of aryl methyl sites for hydroxylation is 1. The lowest BCUT2D eigenvalue weighted by molar-refractivity contribution is -0.135. The van der Waals surface area contributed by atoms with Gasteiger partial charge in [-0.3, -0.25) is 9.59 Å². The average molecular weight is 431 g/mol. The van der Waals surface area contributed by atoms with E-state index >= 15 is 0 Å². The van der Waals surface area contributed by atoms with Crippen molar-refractivity contribution in [1.82, 2.24) is 9.80 Å². The number of nitrogens with zero attached hydrogens (tertiary/aromatic N) is 2. The Hall–Kier alpha value is -3.34. The van der Waals surface area contributed by atoms with Crippen molar-refractivity contribution in [3.05, 3.63) is 77.9 Å². The summed E-state index contributed by atoms with van der Waals surface area (Å²) in [6, 6.07) is 21.7. The van der Waals surface area contributed by atoms with E-state index in [2.05, 4.69) is 0 Å². The fraction of sp³-hybridized carbons (Fsp3) is 0.333. The molecule has 5 nitrogen and oxygen atoms in total. The predicted octanol–water partition coefficient (Wildman–Crippen LogP) is 4.54. The van der Waals surface area contributed by atoms with E-state index in [1.165, 1.54) is 0 Å². The molecular formula is C27H30N2O3. The summed E-state index contributed by atoms with van der Waals surface area (Å²) < 4.78 is 5.83. The maximum absolute atomic E-state index is 13.1. The summed E-state index contributed by atoms with van der Waals surface area (Å²) >= 11 is 0. The second-order valence-electron chi connectivity index (χ2n) is 8.47. The van der Waals surface area contributed by atoms with Crippen molar-refractivity contribution in [3.63, 3.8) is 0 Å². The number of hydrogen-bond donors (Lipinski definition) is 0. The zero-order valence-corrected chi connectivity index (χ0v) is 18.8. The first-order valence-electron chi connectivity index (χ1n) is 11.2. The molecule has 0 radical (unpaired) electrons. The first-order chi connectivity index (χ1) is 15.5. The van der Waals surface area contributed by atoms with E-state index in [0.29, 0.717) is 39.1 Å². The Morgan fingerprint density at radius 3 is 2.44 bits per heavy atom. The van der Waals surface area contributed by atoms with Crippen molar-refractivity contribution in [2.24, 2.45) is 5.92 Å². The lowest BCUT2D eigenvalue weighted by atomic mass is 9.94. The van der Waals surface area contributed by atoms with Crippen molar-refractivity contribution in [2.75, 3.05) is 33.3 Å². The summed E-state index contributed by atoms with van der Waals surface area (Å²) in [5.74, 6) is 0.993. The Morgan fingerprint density at radius 2 is 1.66 bits per heavy atom. The largest absolute Gasteiger partial charge is 0.491 e. The van der Waals surface area contributed by atoms with Crippen molar-refractivity contribution in [2.45, 2.75) is 19.8 Å². The molecule has 0 atom stereocenters. The summed E-state index contributed by atoms with van der Waals surface area (Å²) in [6.07, 6.45) is 1.39. The van der Waals surface area contributed by atoms with Gasteiger partial charge in [0.05, 0.1) is 6.54 Å². The molecule has 166 valence electrons. The van der Waals surface area contributed by atoms with Crippen LogP contribution in [0.15, 0.2) is 66.7 Å². The summed E-state index contributed by atoms with van der Waals surface area (Å²) in [7, 11) is 1.83. The minimum absolute atomic E-state index is 0.0463. The highest BCUT2D eigenvalue weighted by Crippen LogP contribution is 2.24. The molecule has 0 aromatic heterocycles.